The Morgan fingerprint density at radius 1 is 1.15 bits per heavy atom. The quantitative estimate of drug-likeness (QED) is 0.895. The molecule has 0 unspecified atom stereocenters. The molecule has 2 N–H and O–H groups in total. The lowest BCUT2D eigenvalue weighted by Crippen LogP contribution is -2.13. The Hall–Kier alpha value is -2.69. The van der Waals surface area contributed by atoms with Crippen molar-refractivity contribution in [3.8, 4) is 0 Å². The Kier molecular flexibility index (Phi) is 4.10. The predicted octanol–water partition coefficient (Wildman–Crippen LogP) is 2.59. The highest BCUT2D eigenvalue weighted by molar-refractivity contribution is 6.04. The maximum Gasteiger partial charge on any atom is 0.335 e. The fourth-order valence-corrected chi connectivity index (χ4v) is 1.71. The molecule has 5 nitrogen and oxygen atoms in total. The molecule has 1 aromatic heterocycles. The number of benzene rings is 1. The van der Waals surface area contributed by atoms with Gasteiger partial charge in [0.05, 0.1) is 5.56 Å². The number of carboxylic acid groups (broad SMARTS) is 1. The first-order valence-electron chi connectivity index (χ1n) is 6.20. The number of carbonyl (C=O) groups is 2. The topological polar surface area (TPSA) is 79.3 Å². The van der Waals surface area contributed by atoms with E-state index in [0.29, 0.717) is 5.56 Å². The Bertz CT molecular complexity index is 636. The number of carboxylic acids is 1. The van der Waals surface area contributed by atoms with E-state index in [9.17, 15) is 9.59 Å². The third kappa shape index (κ3) is 3.20. The standard InChI is InChI=1S/C15H14N2O3/c1-2-10-3-5-11(6-4-10)14(18)17-13-9-12(15(19)20)7-8-16-13/h3-9H,2H2,1H3,(H,19,20)(H,16,17,18). The maximum absolute atomic E-state index is 12.0. The Balaban J connectivity index is 2.14. The van der Waals surface area contributed by atoms with Crippen molar-refractivity contribution in [2.45, 2.75) is 13.3 Å². The summed E-state index contributed by atoms with van der Waals surface area (Å²) < 4.78 is 0. The fraction of sp³-hybridized carbons (Fsp3) is 0.133. The SMILES string of the molecule is CCc1ccc(C(=O)Nc2cc(C(=O)O)ccn2)cc1. The number of hydrogen-bond acceptors (Lipinski definition) is 3. The van der Waals surface area contributed by atoms with Gasteiger partial charge in [0.1, 0.15) is 5.82 Å². The van der Waals surface area contributed by atoms with E-state index in [4.69, 9.17) is 5.11 Å². The first-order chi connectivity index (χ1) is 9.60. The van der Waals surface area contributed by atoms with Gasteiger partial charge in [-0.2, -0.15) is 0 Å². The van der Waals surface area contributed by atoms with Crippen LogP contribution in [0.4, 0.5) is 5.82 Å². The van der Waals surface area contributed by atoms with E-state index < -0.39 is 5.97 Å². The summed E-state index contributed by atoms with van der Waals surface area (Å²) in [6.45, 7) is 2.04. The van der Waals surface area contributed by atoms with E-state index >= 15 is 0 Å². The summed E-state index contributed by atoms with van der Waals surface area (Å²) in [7, 11) is 0. The molecule has 102 valence electrons. The minimum atomic E-state index is -1.06. The number of aromatic nitrogens is 1. The highest BCUT2D eigenvalue weighted by Crippen LogP contribution is 2.10. The summed E-state index contributed by atoms with van der Waals surface area (Å²) in [6, 6.07) is 9.92. The lowest BCUT2D eigenvalue weighted by atomic mass is 10.1. The fourth-order valence-electron chi connectivity index (χ4n) is 1.71. The molecule has 0 saturated heterocycles. The molecular weight excluding hydrogens is 256 g/mol. The van der Waals surface area contributed by atoms with Gasteiger partial charge in [-0.3, -0.25) is 4.79 Å². The van der Waals surface area contributed by atoms with Crippen molar-refractivity contribution in [3.05, 3.63) is 59.3 Å². The minimum absolute atomic E-state index is 0.0802. The summed E-state index contributed by atoms with van der Waals surface area (Å²) >= 11 is 0. The van der Waals surface area contributed by atoms with Crippen molar-refractivity contribution in [1.82, 2.24) is 4.98 Å². The summed E-state index contributed by atoms with van der Waals surface area (Å²) in [5.74, 6) is -1.16. The Morgan fingerprint density at radius 2 is 1.85 bits per heavy atom. The molecule has 5 heteroatoms. The zero-order valence-electron chi connectivity index (χ0n) is 11.0. The lowest BCUT2D eigenvalue weighted by molar-refractivity contribution is 0.0696. The third-order valence-corrected chi connectivity index (χ3v) is 2.87. The van der Waals surface area contributed by atoms with E-state index in [-0.39, 0.29) is 17.3 Å². The highest BCUT2D eigenvalue weighted by atomic mass is 16.4. The average molecular weight is 270 g/mol. The molecule has 0 saturated carbocycles. The van der Waals surface area contributed by atoms with E-state index in [0.717, 1.165) is 12.0 Å². The number of nitrogens with zero attached hydrogens (tertiary/aromatic N) is 1. The van der Waals surface area contributed by atoms with Crippen LogP contribution in [0.3, 0.4) is 0 Å². The smallest absolute Gasteiger partial charge is 0.335 e. The number of nitrogens with one attached hydrogen (secondary N) is 1. The first-order valence-corrected chi connectivity index (χ1v) is 6.20. The summed E-state index contributed by atoms with van der Waals surface area (Å²) in [5.41, 5.74) is 1.73. The molecule has 0 aliphatic carbocycles. The second-order valence-corrected chi connectivity index (χ2v) is 4.24. The molecule has 2 aromatic rings. The van der Waals surface area contributed by atoms with Crippen molar-refractivity contribution < 1.29 is 14.7 Å². The maximum atomic E-state index is 12.0. The van der Waals surface area contributed by atoms with Crippen LogP contribution in [0.15, 0.2) is 42.6 Å². The summed E-state index contributed by atoms with van der Waals surface area (Å²) in [6.07, 6.45) is 2.25. The van der Waals surface area contributed by atoms with Gasteiger partial charge in [0, 0.05) is 11.8 Å². The molecule has 0 atom stereocenters. The van der Waals surface area contributed by atoms with Crippen molar-refractivity contribution >= 4 is 17.7 Å². The number of aromatic carboxylic acids is 1. The lowest BCUT2D eigenvalue weighted by Gasteiger charge is -2.05. The van der Waals surface area contributed by atoms with Gasteiger partial charge >= 0.3 is 5.97 Å². The molecule has 0 radical (unpaired) electrons. The van der Waals surface area contributed by atoms with Crippen LogP contribution < -0.4 is 5.32 Å². The van der Waals surface area contributed by atoms with Crippen LogP contribution in [0.25, 0.3) is 0 Å². The van der Waals surface area contributed by atoms with Gasteiger partial charge in [0.15, 0.2) is 0 Å². The molecule has 20 heavy (non-hydrogen) atoms. The van der Waals surface area contributed by atoms with Gasteiger partial charge < -0.3 is 10.4 Å². The van der Waals surface area contributed by atoms with Crippen molar-refractivity contribution in [3.63, 3.8) is 0 Å². The van der Waals surface area contributed by atoms with Crippen LogP contribution in [-0.4, -0.2) is 22.0 Å². The summed E-state index contributed by atoms with van der Waals surface area (Å²) in [4.78, 5) is 26.8. The normalized spacial score (nSPS) is 10.1. The number of hydrogen-bond donors (Lipinski definition) is 2. The van der Waals surface area contributed by atoms with E-state index in [1.54, 1.807) is 12.1 Å². The number of anilines is 1. The number of pyridine rings is 1. The van der Waals surface area contributed by atoms with Crippen molar-refractivity contribution in [2.75, 3.05) is 5.32 Å². The molecule has 1 amide bonds. The van der Waals surface area contributed by atoms with E-state index in [1.807, 2.05) is 19.1 Å². The molecule has 0 fully saturated rings. The third-order valence-electron chi connectivity index (χ3n) is 2.87. The number of amides is 1. The van der Waals surface area contributed by atoms with Gasteiger partial charge in [-0.15, -0.1) is 0 Å². The zero-order chi connectivity index (χ0) is 14.5. The van der Waals surface area contributed by atoms with Gasteiger partial charge in [0.25, 0.3) is 5.91 Å². The van der Waals surface area contributed by atoms with Crippen LogP contribution >= 0.6 is 0 Å². The zero-order valence-corrected chi connectivity index (χ0v) is 11.0. The van der Waals surface area contributed by atoms with Crippen LogP contribution in [0.2, 0.25) is 0 Å². The molecule has 0 aliphatic rings. The monoisotopic (exact) mass is 270 g/mol. The molecule has 0 aliphatic heterocycles. The van der Waals surface area contributed by atoms with E-state index in [2.05, 4.69) is 10.3 Å². The number of rotatable bonds is 4. The second-order valence-electron chi connectivity index (χ2n) is 4.24. The number of carbonyl (C=O) groups excluding carboxylic acids is 1. The molecule has 2 rings (SSSR count). The Labute approximate surface area is 116 Å². The molecule has 0 bridgehead atoms. The summed E-state index contributed by atoms with van der Waals surface area (Å²) in [5, 5.41) is 11.5. The largest absolute Gasteiger partial charge is 0.478 e. The van der Waals surface area contributed by atoms with Crippen LogP contribution in [0.1, 0.15) is 33.2 Å². The van der Waals surface area contributed by atoms with Crippen LogP contribution in [-0.2, 0) is 6.42 Å². The van der Waals surface area contributed by atoms with Gasteiger partial charge in [0.2, 0.25) is 0 Å². The van der Waals surface area contributed by atoms with Crippen LogP contribution in [0.5, 0.6) is 0 Å². The number of aryl methyl sites for hydroxylation is 1. The van der Waals surface area contributed by atoms with Gasteiger partial charge in [-0.05, 0) is 36.2 Å². The van der Waals surface area contributed by atoms with Gasteiger partial charge in [-0.25, -0.2) is 9.78 Å². The predicted molar refractivity (Wildman–Crippen MR) is 75.0 cm³/mol. The molecule has 1 aromatic carbocycles. The molecular formula is C15H14N2O3. The Morgan fingerprint density at radius 3 is 2.45 bits per heavy atom. The highest BCUT2D eigenvalue weighted by Gasteiger charge is 2.09. The van der Waals surface area contributed by atoms with Crippen molar-refractivity contribution in [1.29, 1.82) is 0 Å². The van der Waals surface area contributed by atoms with Crippen LogP contribution in [0, 0.1) is 0 Å². The minimum Gasteiger partial charge on any atom is -0.478 e. The first kappa shape index (κ1) is 13.7. The second kappa shape index (κ2) is 5.97. The molecule has 0 spiro atoms. The molecule has 1 heterocycles. The average Bonchev–Trinajstić information content (AvgIpc) is 2.47. The van der Waals surface area contributed by atoms with E-state index in [1.165, 1.54) is 18.3 Å². The van der Waals surface area contributed by atoms with Crippen molar-refractivity contribution in [2.24, 2.45) is 0 Å². The van der Waals surface area contributed by atoms with Gasteiger partial charge in [-0.1, -0.05) is 19.1 Å².